The molecule has 18 heavy (non-hydrogen) atoms. The van der Waals surface area contributed by atoms with Crippen LogP contribution in [-0.2, 0) is 4.79 Å². The molecule has 0 amide bonds. The van der Waals surface area contributed by atoms with E-state index in [0.29, 0.717) is 6.42 Å². The Kier molecular flexibility index (Phi) is 5.25. The van der Waals surface area contributed by atoms with E-state index in [1.54, 1.807) is 0 Å². The van der Waals surface area contributed by atoms with Gasteiger partial charge >= 0.3 is 5.97 Å². The van der Waals surface area contributed by atoms with E-state index in [-0.39, 0.29) is 11.3 Å². The van der Waals surface area contributed by atoms with Gasteiger partial charge in [-0.1, -0.05) is 40.0 Å². The number of carboxylic acids is 1. The van der Waals surface area contributed by atoms with Crippen molar-refractivity contribution in [3.05, 3.63) is 0 Å². The Morgan fingerprint density at radius 1 is 1.39 bits per heavy atom. The topological polar surface area (TPSA) is 37.3 Å². The number of carboxylic acid groups (broad SMARTS) is 1. The molecule has 106 valence electrons. The van der Waals surface area contributed by atoms with Crippen molar-refractivity contribution in [2.75, 3.05) is 0 Å². The van der Waals surface area contributed by atoms with Gasteiger partial charge in [-0.25, -0.2) is 0 Å². The van der Waals surface area contributed by atoms with Crippen LogP contribution in [0.3, 0.4) is 0 Å². The van der Waals surface area contributed by atoms with Crippen LogP contribution in [-0.4, -0.2) is 20.8 Å². The second kappa shape index (κ2) is 5.76. The minimum Gasteiger partial charge on any atom is -0.481 e. The molecule has 0 aromatic rings. The summed E-state index contributed by atoms with van der Waals surface area (Å²) in [7, 11) is 0. The van der Waals surface area contributed by atoms with Gasteiger partial charge < -0.3 is 5.11 Å². The summed E-state index contributed by atoms with van der Waals surface area (Å²) in [5.74, 6) is -1.41. The van der Waals surface area contributed by atoms with Crippen molar-refractivity contribution in [2.24, 2.45) is 17.3 Å². The highest BCUT2D eigenvalue weighted by atomic mass is 35.5. The van der Waals surface area contributed by atoms with E-state index in [2.05, 4.69) is 6.92 Å². The number of hydrogen-bond acceptors (Lipinski definition) is 1. The molecule has 1 aliphatic rings. The van der Waals surface area contributed by atoms with Crippen molar-refractivity contribution >= 4 is 40.8 Å². The Balaban J connectivity index is 2.64. The van der Waals surface area contributed by atoms with Crippen LogP contribution in [0.1, 0.15) is 46.5 Å². The summed E-state index contributed by atoms with van der Waals surface area (Å²) < 4.78 is -1.04. The van der Waals surface area contributed by atoms with Gasteiger partial charge in [0, 0.05) is 0 Å². The van der Waals surface area contributed by atoms with Gasteiger partial charge in [-0.05, 0) is 17.8 Å². The predicted octanol–water partition coefficient (Wildman–Crippen LogP) is 4.70. The van der Waals surface area contributed by atoms with Gasteiger partial charge in [0.15, 0.2) is 0 Å². The molecule has 0 aromatic carbocycles. The monoisotopic (exact) mass is 314 g/mol. The van der Waals surface area contributed by atoms with Crippen LogP contribution >= 0.6 is 34.8 Å². The highest BCUT2D eigenvalue weighted by molar-refractivity contribution is 6.52. The number of halogens is 3. The van der Waals surface area contributed by atoms with Crippen molar-refractivity contribution in [1.82, 2.24) is 0 Å². The Bertz CT molecular complexity index is 315. The Labute approximate surface area is 124 Å². The zero-order valence-corrected chi connectivity index (χ0v) is 13.3. The summed E-state index contributed by atoms with van der Waals surface area (Å²) in [4.78, 5) is 11.1. The first-order chi connectivity index (χ1) is 8.16. The van der Waals surface area contributed by atoms with E-state index >= 15 is 0 Å². The van der Waals surface area contributed by atoms with Crippen molar-refractivity contribution < 1.29 is 9.90 Å². The fourth-order valence-electron chi connectivity index (χ4n) is 2.71. The average molecular weight is 316 g/mol. The normalized spacial score (nSPS) is 27.9. The van der Waals surface area contributed by atoms with Gasteiger partial charge in [0.2, 0.25) is 0 Å². The van der Waals surface area contributed by atoms with Crippen LogP contribution in [0.2, 0.25) is 0 Å². The number of carbonyl (C=O) groups is 1. The number of unbranched alkanes of at least 4 members (excludes halogenated alkanes) is 2. The molecule has 0 aliphatic heterocycles. The van der Waals surface area contributed by atoms with Gasteiger partial charge in [-0.3, -0.25) is 4.79 Å². The van der Waals surface area contributed by atoms with E-state index in [4.69, 9.17) is 39.9 Å². The molecule has 1 unspecified atom stereocenters. The van der Waals surface area contributed by atoms with Gasteiger partial charge in [0.25, 0.3) is 0 Å². The van der Waals surface area contributed by atoms with Gasteiger partial charge in [-0.15, -0.1) is 34.8 Å². The molecule has 1 rings (SSSR count). The highest BCUT2D eigenvalue weighted by Gasteiger charge is 2.67. The predicted molar refractivity (Wildman–Crippen MR) is 76.6 cm³/mol. The molecule has 5 heteroatoms. The smallest absolute Gasteiger partial charge is 0.307 e. The number of aliphatic carboxylic acids is 1. The Morgan fingerprint density at radius 3 is 2.33 bits per heavy atom. The SMILES string of the molecule is CCCCCC(Cl)(Cl)C(Cl)[C@@H]1[C@@H](C(=O)O)C1(C)C. The molecular weight excluding hydrogens is 295 g/mol. The zero-order valence-electron chi connectivity index (χ0n) is 11.0. The maximum atomic E-state index is 11.1. The third kappa shape index (κ3) is 3.26. The fraction of sp³-hybridized carbons (Fsp3) is 0.923. The van der Waals surface area contributed by atoms with Crippen molar-refractivity contribution in [3.63, 3.8) is 0 Å². The molecule has 0 bridgehead atoms. The van der Waals surface area contributed by atoms with Crippen molar-refractivity contribution in [2.45, 2.75) is 56.2 Å². The first-order valence-corrected chi connectivity index (χ1v) is 7.60. The molecular formula is C13H21Cl3O2. The van der Waals surface area contributed by atoms with Gasteiger partial charge in [0.05, 0.1) is 11.3 Å². The lowest BCUT2D eigenvalue weighted by Gasteiger charge is -2.26. The van der Waals surface area contributed by atoms with E-state index < -0.39 is 21.6 Å². The fourth-order valence-corrected chi connectivity index (χ4v) is 3.82. The third-order valence-corrected chi connectivity index (χ3v) is 5.72. The minimum atomic E-state index is -1.04. The summed E-state index contributed by atoms with van der Waals surface area (Å²) in [6.07, 6.45) is 3.67. The van der Waals surface area contributed by atoms with Crippen LogP contribution in [0.4, 0.5) is 0 Å². The maximum absolute atomic E-state index is 11.1. The zero-order chi connectivity index (χ0) is 14.1. The van der Waals surface area contributed by atoms with Crippen LogP contribution in [0, 0.1) is 17.3 Å². The lowest BCUT2D eigenvalue weighted by atomic mass is 10.0. The first kappa shape index (κ1) is 16.4. The molecule has 0 heterocycles. The van der Waals surface area contributed by atoms with Crippen LogP contribution in [0.15, 0.2) is 0 Å². The molecule has 0 radical (unpaired) electrons. The molecule has 1 N–H and O–H groups in total. The van der Waals surface area contributed by atoms with Crippen LogP contribution in [0.25, 0.3) is 0 Å². The van der Waals surface area contributed by atoms with E-state index in [0.717, 1.165) is 19.3 Å². The molecule has 1 aliphatic carbocycles. The molecule has 0 spiro atoms. The van der Waals surface area contributed by atoms with Gasteiger partial charge in [0.1, 0.15) is 4.33 Å². The minimum absolute atomic E-state index is 0.159. The first-order valence-electron chi connectivity index (χ1n) is 6.41. The molecule has 2 nitrogen and oxygen atoms in total. The van der Waals surface area contributed by atoms with Crippen molar-refractivity contribution in [3.8, 4) is 0 Å². The summed E-state index contributed by atoms with van der Waals surface area (Å²) in [5.41, 5.74) is -0.321. The van der Waals surface area contributed by atoms with E-state index in [1.807, 2.05) is 13.8 Å². The molecule has 1 saturated carbocycles. The molecule has 0 aromatic heterocycles. The number of rotatable bonds is 7. The van der Waals surface area contributed by atoms with Crippen molar-refractivity contribution in [1.29, 1.82) is 0 Å². The maximum Gasteiger partial charge on any atom is 0.307 e. The van der Waals surface area contributed by atoms with E-state index in [9.17, 15) is 4.79 Å². The molecule has 1 fully saturated rings. The summed E-state index contributed by atoms with van der Waals surface area (Å²) >= 11 is 18.9. The Hall–Kier alpha value is 0.340. The second-order valence-corrected chi connectivity index (χ2v) is 7.80. The third-order valence-electron chi connectivity index (χ3n) is 4.01. The van der Waals surface area contributed by atoms with Crippen LogP contribution < -0.4 is 0 Å². The largest absolute Gasteiger partial charge is 0.481 e. The average Bonchev–Trinajstić information content (AvgIpc) is 2.80. The van der Waals surface area contributed by atoms with Crippen LogP contribution in [0.5, 0.6) is 0 Å². The number of alkyl halides is 3. The summed E-state index contributed by atoms with van der Waals surface area (Å²) in [5, 5.41) is 8.62. The quantitative estimate of drug-likeness (QED) is 0.546. The second-order valence-electron chi connectivity index (χ2n) is 5.78. The lowest BCUT2D eigenvalue weighted by molar-refractivity contribution is -0.139. The Morgan fingerprint density at radius 2 is 1.94 bits per heavy atom. The summed E-state index contributed by atoms with van der Waals surface area (Å²) in [6, 6.07) is 0. The summed E-state index contributed by atoms with van der Waals surface area (Å²) in [6.45, 7) is 5.91. The number of hydrogen-bond donors (Lipinski definition) is 1. The molecule has 0 saturated heterocycles. The lowest BCUT2D eigenvalue weighted by Crippen LogP contribution is -2.30. The standard InChI is InChI=1S/C13H21Cl3O2/c1-4-5-6-7-13(15,16)10(14)8-9(11(17)18)12(8,2)3/h8-10H,4-7H2,1-3H3,(H,17,18)/t8-,9-,10?/m0/s1. The van der Waals surface area contributed by atoms with E-state index in [1.165, 1.54) is 0 Å². The molecule has 3 atom stereocenters. The van der Waals surface area contributed by atoms with Gasteiger partial charge in [-0.2, -0.15) is 0 Å². The highest BCUT2D eigenvalue weighted by Crippen LogP contribution is 2.64.